The molecule has 2 aromatic carbocycles. The predicted molar refractivity (Wildman–Crippen MR) is 74.9 cm³/mol. The number of hydrogen-bond donors (Lipinski definition) is 1. The van der Waals surface area contributed by atoms with Gasteiger partial charge in [-0.1, -0.05) is 31.2 Å². The average Bonchev–Trinajstić information content (AvgIpc) is 2.39. The number of ether oxygens (including phenoxy) is 1. The van der Waals surface area contributed by atoms with Crippen molar-refractivity contribution in [3.05, 3.63) is 59.7 Å². The van der Waals surface area contributed by atoms with Crippen molar-refractivity contribution in [2.45, 2.75) is 26.3 Å². The smallest absolute Gasteiger partial charge is 0.127 e. The fourth-order valence-corrected chi connectivity index (χ4v) is 1.97. The summed E-state index contributed by atoms with van der Waals surface area (Å²) >= 11 is 0. The first-order valence-corrected chi connectivity index (χ1v) is 6.29. The Hall–Kier alpha value is -1.80. The van der Waals surface area contributed by atoms with Gasteiger partial charge in [-0.15, -0.1) is 0 Å². The lowest BCUT2D eigenvalue weighted by Crippen LogP contribution is -2.10. The van der Waals surface area contributed by atoms with Crippen LogP contribution in [0, 0.1) is 6.92 Å². The number of hydrogen-bond acceptors (Lipinski definition) is 2. The Kier molecular flexibility index (Phi) is 4.00. The van der Waals surface area contributed by atoms with Gasteiger partial charge in [-0.25, -0.2) is 0 Å². The minimum atomic E-state index is 0.107. The first-order valence-electron chi connectivity index (χ1n) is 6.29. The van der Waals surface area contributed by atoms with E-state index in [-0.39, 0.29) is 6.04 Å². The second kappa shape index (κ2) is 5.69. The molecule has 0 saturated carbocycles. The molecule has 1 unspecified atom stereocenters. The van der Waals surface area contributed by atoms with E-state index in [1.165, 1.54) is 11.1 Å². The highest BCUT2D eigenvalue weighted by atomic mass is 16.5. The van der Waals surface area contributed by atoms with Gasteiger partial charge in [-0.05, 0) is 48.7 Å². The average molecular weight is 241 g/mol. The molecule has 0 aliphatic rings. The minimum absolute atomic E-state index is 0.107. The van der Waals surface area contributed by atoms with E-state index in [4.69, 9.17) is 10.5 Å². The highest BCUT2D eigenvalue weighted by Crippen LogP contribution is 2.26. The third-order valence-electron chi connectivity index (χ3n) is 3.06. The van der Waals surface area contributed by atoms with Crippen molar-refractivity contribution in [2.75, 3.05) is 0 Å². The molecule has 0 heterocycles. The molecule has 2 N–H and O–H groups in total. The van der Waals surface area contributed by atoms with E-state index in [2.05, 4.69) is 19.9 Å². The molecule has 2 rings (SSSR count). The lowest BCUT2D eigenvalue weighted by atomic mass is 10.00. The Morgan fingerprint density at radius 3 is 2.39 bits per heavy atom. The molecule has 0 aromatic heterocycles. The van der Waals surface area contributed by atoms with Crippen LogP contribution in [0.3, 0.4) is 0 Å². The second-order valence-electron chi connectivity index (χ2n) is 4.45. The zero-order valence-electron chi connectivity index (χ0n) is 10.9. The van der Waals surface area contributed by atoms with Gasteiger partial charge in [0.25, 0.3) is 0 Å². The summed E-state index contributed by atoms with van der Waals surface area (Å²) in [5, 5.41) is 0. The third kappa shape index (κ3) is 2.90. The standard InChI is InChI=1S/C16H19NO/c1-3-16(17)15-10-9-14(11-12(15)2)18-13-7-5-4-6-8-13/h4-11,16H,3,17H2,1-2H3. The summed E-state index contributed by atoms with van der Waals surface area (Å²) in [5.41, 5.74) is 8.43. The Morgan fingerprint density at radius 2 is 1.78 bits per heavy atom. The third-order valence-corrected chi connectivity index (χ3v) is 3.06. The molecular formula is C16H19NO. The molecule has 2 heteroatoms. The summed E-state index contributed by atoms with van der Waals surface area (Å²) in [6.45, 7) is 4.17. The van der Waals surface area contributed by atoms with Crippen LogP contribution in [0.2, 0.25) is 0 Å². The van der Waals surface area contributed by atoms with E-state index in [1.807, 2.05) is 42.5 Å². The van der Waals surface area contributed by atoms with Crippen molar-refractivity contribution in [3.8, 4) is 11.5 Å². The molecule has 0 fully saturated rings. The molecule has 2 aromatic rings. The van der Waals surface area contributed by atoms with Crippen LogP contribution in [0.4, 0.5) is 0 Å². The van der Waals surface area contributed by atoms with Crippen LogP contribution >= 0.6 is 0 Å². The first-order chi connectivity index (χ1) is 8.70. The number of nitrogens with two attached hydrogens (primary N) is 1. The van der Waals surface area contributed by atoms with Gasteiger partial charge >= 0.3 is 0 Å². The van der Waals surface area contributed by atoms with Gasteiger partial charge in [-0.2, -0.15) is 0 Å². The fraction of sp³-hybridized carbons (Fsp3) is 0.250. The fourth-order valence-electron chi connectivity index (χ4n) is 1.97. The number of benzene rings is 2. The van der Waals surface area contributed by atoms with Gasteiger partial charge in [-0.3, -0.25) is 0 Å². The second-order valence-corrected chi connectivity index (χ2v) is 4.45. The molecule has 0 aliphatic heterocycles. The van der Waals surface area contributed by atoms with Crippen LogP contribution in [0.1, 0.15) is 30.5 Å². The normalized spacial score (nSPS) is 12.2. The highest BCUT2D eigenvalue weighted by molar-refractivity contribution is 5.39. The van der Waals surface area contributed by atoms with Gasteiger partial charge in [0.05, 0.1) is 0 Å². The molecule has 0 radical (unpaired) electrons. The lowest BCUT2D eigenvalue weighted by Gasteiger charge is -2.14. The molecule has 1 atom stereocenters. The van der Waals surface area contributed by atoms with Crippen molar-refractivity contribution in [2.24, 2.45) is 5.73 Å². The number of aryl methyl sites for hydroxylation is 1. The van der Waals surface area contributed by atoms with Gasteiger partial charge in [0.15, 0.2) is 0 Å². The molecule has 18 heavy (non-hydrogen) atoms. The van der Waals surface area contributed by atoms with E-state index < -0.39 is 0 Å². The van der Waals surface area contributed by atoms with Crippen LogP contribution < -0.4 is 10.5 Å². The van der Waals surface area contributed by atoms with E-state index in [0.29, 0.717) is 0 Å². The van der Waals surface area contributed by atoms with Crippen LogP contribution in [-0.2, 0) is 0 Å². The van der Waals surface area contributed by atoms with Crippen molar-refractivity contribution < 1.29 is 4.74 Å². The van der Waals surface area contributed by atoms with E-state index in [1.54, 1.807) is 0 Å². The van der Waals surface area contributed by atoms with Crippen molar-refractivity contribution in [1.82, 2.24) is 0 Å². The quantitative estimate of drug-likeness (QED) is 0.870. The number of rotatable bonds is 4. The molecule has 0 bridgehead atoms. The summed E-state index contributed by atoms with van der Waals surface area (Å²) in [6, 6.07) is 16.0. The molecular weight excluding hydrogens is 222 g/mol. The Bertz CT molecular complexity index is 508. The van der Waals surface area contributed by atoms with Gasteiger partial charge in [0.2, 0.25) is 0 Å². The molecule has 0 amide bonds. The van der Waals surface area contributed by atoms with E-state index in [9.17, 15) is 0 Å². The van der Waals surface area contributed by atoms with Gasteiger partial charge in [0, 0.05) is 6.04 Å². The zero-order chi connectivity index (χ0) is 13.0. The molecule has 0 spiro atoms. The van der Waals surface area contributed by atoms with Crippen molar-refractivity contribution in [3.63, 3.8) is 0 Å². The minimum Gasteiger partial charge on any atom is -0.457 e. The molecule has 0 saturated heterocycles. The summed E-state index contributed by atoms with van der Waals surface area (Å²) < 4.78 is 5.79. The summed E-state index contributed by atoms with van der Waals surface area (Å²) in [5.74, 6) is 1.70. The molecule has 0 aliphatic carbocycles. The monoisotopic (exact) mass is 241 g/mol. The maximum Gasteiger partial charge on any atom is 0.127 e. The lowest BCUT2D eigenvalue weighted by molar-refractivity contribution is 0.481. The van der Waals surface area contributed by atoms with E-state index in [0.717, 1.165) is 17.9 Å². The van der Waals surface area contributed by atoms with Crippen LogP contribution in [0.5, 0.6) is 11.5 Å². The van der Waals surface area contributed by atoms with Crippen molar-refractivity contribution in [1.29, 1.82) is 0 Å². The first kappa shape index (κ1) is 12.7. The SMILES string of the molecule is CCC(N)c1ccc(Oc2ccccc2)cc1C. The highest BCUT2D eigenvalue weighted by Gasteiger charge is 2.07. The van der Waals surface area contributed by atoms with E-state index >= 15 is 0 Å². The predicted octanol–water partition coefficient (Wildman–Crippen LogP) is 4.20. The largest absolute Gasteiger partial charge is 0.457 e. The summed E-state index contributed by atoms with van der Waals surface area (Å²) in [7, 11) is 0. The van der Waals surface area contributed by atoms with Crippen LogP contribution in [-0.4, -0.2) is 0 Å². The Labute approximate surface area is 108 Å². The van der Waals surface area contributed by atoms with Gasteiger partial charge in [0.1, 0.15) is 11.5 Å². The maximum atomic E-state index is 6.06. The van der Waals surface area contributed by atoms with Gasteiger partial charge < -0.3 is 10.5 Å². The Balaban J connectivity index is 2.19. The maximum absolute atomic E-state index is 6.06. The van der Waals surface area contributed by atoms with Crippen LogP contribution in [0.25, 0.3) is 0 Å². The Morgan fingerprint density at radius 1 is 1.06 bits per heavy atom. The van der Waals surface area contributed by atoms with Crippen molar-refractivity contribution >= 4 is 0 Å². The summed E-state index contributed by atoms with van der Waals surface area (Å²) in [4.78, 5) is 0. The number of para-hydroxylation sites is 1. The zero-order valence-corrected chi connectivity index (χ0v) is 10.9. The summed E-state index contributed by atoms with van der Waals surface area (Å²) in [6.07, 6.45) is 0.944. The molecule has 94 valence electrons. The molecule has 2 nitrogen and oxygen atoms in total. The topological polar surface area (TPSA) is 35.2 Å². The van der Waals surface area contributed by atoms with Crippen LogP contribution in [0.15, 0.2) is 48.5 Å².